The summed E-state index contributed by atoms with van der Waals surface area (Å²) in [6.07, 6.45) is 1.93. The summed E-state index contributed by atoms with van der Waals surface area (Å²) in [6, 6.07) is 9.39. The maximum atomic E-state index is 13.2. The first-order chi connectivity index (χ1) is 14.3. The van der Waals surface area contributed by atoms with Crippen molar-refractivity contribution in [3.8, 4) is 11.6 Å². The van der Waals surface area contributed by atoms with Crippen LogP contribution in [0.15, 0.2) is 42.6 Å². The van der Waals surface area contributed by atoms with Crippen LogP contribution in [-0.4, -0.2) is 20.7 Å². The van der Waals surface area contributed by atoms with Crippen molar-refractivity contribution in [1.29, 1.82) is 0 Å². The Kier molecular flexibility index (Phi) is 6.82. The molecule has 0 saturated carbocycles. The highest BCUT2D eigenvalue weighted by Gasteiger charge is 2.15. The van der Waals surface area contributed by atoms with E-state index in [0.717, 1.165) is 29.1 Å². The van der Waals surface area contributed by atoms with Gasteiger partial charge in [-0.15, -0.1) is 0 Å². The number of hydrogen-bond acceptors (Lipinski definition) is 4. The van der Waals surface area contributed by atoms with Crippen molar-refractivity contribution in [2.75, 3.05) is 0 Å². The molecular weight excluding hydrogens is 383 g/mol. The van der Waals surface area contributed by atoms with Gasteiger partial charge in [-0.2, -0.15) is 5.10 Å². The lowest BCUT2D eigenvalue weighted by Gasteiger charge is -2.09. The molecule has 0 unspecified atom stereocenters. The van der Waals surface area contributed by atoms with Crippen molar-refractivity contribution in [3.63, 3.8) is 0 Å². The summed E-state index contributed by atoms with van der Waals surface area (Å²) in [5.74, 6) is 0.800. The smallest absolute Gasteiger partial charge is 0.224 e. The zero-order valence-corrected chi connectivity index (χ0v) is 17.8. The van der Waals surface area contributed by atoms with E-state index in [0.29, 0.717) is 30.5 Å². The first-order valence-corrected chi connectivity index (χ1v) is 9.99. The van der Waals surface area contributed by atoms with Crippen molar-refractivity contribution in [3.05, 3.63) is 70.9 Å². The Labute approximate surface area is 176 Å². The normalized spacial score (nSPS) is 11.0. The number of carbonyl (C=O) groups is 1. The van der Waals surface area contributed by atoms with Gasteiger partial charge in [0.05, 0.1) is 12.1 Å². The quantitative estimate of drug-likeness (QED) is 0.600. The monoisotopic (exact) mass is 410 g/mol. The summed E-state index contributed by atoms with van der Waals surface area (Å²) in [6.45, 7) is 9.44. The molecule has 0 aliphatic heterocycles. The van der Waals surface area contributed by atoms with Crippen LogP contribution in [0.2, 0.25) is 0 Å². The van der Waals surface area contributed by atoms with E-state index in [9.17, 15) is 9.18 Å². The van der Waals surface area contributed by atoms with Gasteiger partial charge in [0.15, 0.2) is 0 Å². The van der Waals surface area contributed by atoms with Gasteiger partial charge in [0.1, 0.15) is 11.6 Å². The Morgan fingerprint density at radius 3 is 2.70 bits per heavy atom. The summed E-state index contributed by atoms with van der Waals surface area (Å²) < 4.78 is 20.7. The lowest BCUT2D eigenvalue weighted by molar-refractivity contribution is -0.120. The molecule has 1 N–H and O–H groups in total. The molecule has 3 rings (SSSR count). The summed E-state index contributed by atoms with van der Waals surface area (Å²) >= 11 is 0. The second kappa shape index (κ2) is 9.52. The van der Waals surface area contributed by atoms with E-state index >= 15 is 0 Å². The Hall–Kier alpha value is -3.22. The van der Waals surface area contributed by atoms with Gasteiger partial charge in [0.2, 0.25) is 11.8 Å². The fraction of sp³-hybridized carbons (Fsp3) is 0.348. The van der Waals surface area contributed by atoms with Crippen molar-refractivity contribution in [2.24, 2.45) is 5.92 Å². The Bertz CT molecular complexity index is 1010. The van der Waals surface area contributed by atoms with Crippen LogP contribution in [-0.2, 0) is 24.3 Å². The molecular formula is C23H27FN4O2. The van der Waals surface area contributed by atoms with Crippen LogP contribution < -0.4 is 10.1 Å². The number of aromatic nitrogens is 3. The summed E-state index contributed by atoms with van der Waals surface area (Å²) in [4.78, 5) is 16.6. The van der Waals surface area contributed by atoms with E-state index in [1.807, 2.05) is 24.6 Å². The number of nitrogens with one attached hydrogen (secondary N) is 1. The van der Waals surface area contributed by atoms with E-state index in [-0.39, 0.29) is 11.7 Å². The Balaban J connectivity index is 1.54. The largest absolute Gasteiger partial charge is 0.439 e. The number of benzene rings is 1. The third kappa shape index (κ3) is 5.65. The molecule has 30 heavy (non-hydrogen) atoms. The van der Waals surface area contributed by atoms with E-state index in [1.54, 1.807) is 24.4 Å². The Morgan fingerprint density at radius 1 is 1.23 bits per heavy atom. The van der Waals surface area contributed by atoms with Crippen LogP contribution in [0, 0.1) is 25.6 Å². The number of hydrogen-bond donors (Lipinski definition) is 1. The van der Waals surface area contributed by atoms with Gasteiger partial charge in [-0.3, -0.25) is 9.48 Å². The highest BCUT2D eigenvalue weighted by Crippen LogP contribution is 2.20. The molecule has 6 nitrogen and oxygen atoms in total. The van der Waals surface area contributed by atoms with Gasteiger partial charge in [0.25, 0.3) is 0 Å². The molecule has 3 aromatic rings. The maximum absolute atomic E-state index is 13.2. The van der Waals surface area contributed by atoms with Gasteiger partial charge in [0, 0.05) is 42.7 Å². The predicted octanol–water partition coefficient (Wildman–Crippen LogP) is 4.34. The van der Waals surface area contributed by atoms with Crippen LogP contribution in [0.5, 0.6) is 11.6 Å². The van der Waals surface area contributed by atoms with Crippen LogP contribution in [0.1, 0.15) is 36.4 Å². The molecule has 2 heterocycles. The highest BCUT2D eigenvalue weighted by atomic mass is 19.1. The lowest BCUT2D eigenvalue weighted by Crippen LogP contribution is -2.25. The first-order valence-electron chi connectivity index (χ1n) is 9.99. The number of amides is 1. The average molecular weight is 410 g/mol. The molecule has 2 aromatic heterocycles. The van der Waals surface area contributed by atoms with E-state index < -0.39 is 0 Å². The number of aryl methyl sites for hydroxylation is 1. The van der Waals surface area contributed by atoms with Gasteiger partial charge >= 0.3 is 0 Å². The molecule has 0 fully saturated rings. The van der Waals surface area contributed by atoms with Crippen LogP contribution >= 0.6 is 0 Å². The summed E-state index contributed by atoms with van der Waals surface area (Å²) in [5.41, 5.74) is 3.75. The van der Waals surface area contributed by atoms with Crippen molar-refractivity contribution >= 4 is 5.91 Å². The highest BCUT2D eigenvalue weighted by molar-refractivity contribution is 5.79. The standard InChI is InChI=1S/C23H27FN4O2/c1-15(2)14-28-17(4)21(16(3)27-28)11-22(29)25-12-18-8-9-23(26-13-18)30-20-7-5-6-19(24)10-20/h5-10,13,15H,11-12,14H2,1-4H3,(H,25,29). The number of carbonyl (C=O) groups excluding carboxylic acids is 1. The van der Waals surface area contributed by atoms with Gasteiger partial charge in [-0.1, -0.05) is 26.0 Å². The van der Waals surface area contributed by atoms with E-state index in [1.165, 1.54) is 12.1 Å². The summed E-state index contributed by atoms with van der Waals surface area (Å²) in [5, 5.41) is 7.48. The van der Waals surface area contributed by atoms with Gasteiger partial charge in [-0.05, 0) is 37.5 Å². The fourth-order valence-electron chi connectivity index (χ4n) is 3.16. The topological polar surface area (TPSA) is 69.0 Å². The Morgan fingerprint density at radius 2 is 2.03 bits per heavy atom. The fourth-order valence-corrected chi connectivity index (χ4v) is 3.16. The molecule has 0 saturated heterocycles. The third-order valence-corrected chi connectivity index (χ3v) is 4.71. The summed E-state index contributed by atoms with van der Waals surface area (Å²) in [7, 11) is 0. The van der Waals surface area contributed by atoms with Gasteiger partial charge < -0.3 is 10.1 Å². The van der Waals surface area contributed by atoms with Crippen molar-refractivity contribution in [2.45, 2.75) is 47.2 Å². The number of nitrogens with zero attached hydrogens (tertiary/aromatic N) is 3. The number of halogens is 1. The molecule has 0 radical (unpaired) electrons. The van der Waals surface area contributed by atoms with Crippen molar-refractivity contribution < 1.29 is 13.9 Å². The lowest BCUT2D eigenvalue weighted by atomic mass is 10.1. The maximum Gasteiger partial charge on any atom is 0.224 e. The molecule has 0 aliphatic carbocycles. The molecule has 7 heteroatoms. The predicted molar refractivity (Wildman–Crippen MR) is 113 cm³/mol. The average Bonchev–Trinajstić information content (AvgIpc) is 2.94. The molecule has 1 amide bonds. The minimum absolute atomic E-state index is 0.0645. The number of pyridine rings is 1. The minimum atomic E-state index is -0.368. The molecule has 158 valence electrons. The van der Waals surface area contributed by atoms with E-state index in [2.05, 4.69) is 29.2 Å². The van der Waals surface area contributed by atoms with Crippen LogP contribution in [0.25, 0.3) is 0 Å². The number of ether oxygens (including phenoxy) is 1. The molecule has 0 atom stereocenters. The number of rotatable bonds is 8. The molecule has 0 bridgehead atoms. The zero-order valence-electron chi connectivity index (χ0n) is 17.8. The molecule has 0 spiro atoms. The molecule has 1 aromatic carbocycles. The van der Waals surface area contributed by atoms with E-state index in [4.69, 9.17) is 4.74 Å². The second-order valence-electron chi connectivity index (χ2n) is 7.74. The minimum Gasteiger partial charge on any atom is -0.439 e. The van der Waals surface area contributed by atoms with Crippen molar-refractivity contribution in [1.82, 2.24) is 20.1 Å². The SMILES string of the molecule is Cc1nn(CC(C)C)c(C)c1CC(=O)NCc1ccc(Oc2cccc(F)c2)nc1. The van der Waals surface area contributed by atoms with Gasteiger partial charge in [-0.25, -0.2) is 9.37 Å². The third-order valence-electron chi connectivity index (χ3n) is 4.71. The molecule has 0 aliphatic rings. The first kappa shape index (κ1) is 21.5. The van der Waals surface area contributed by atoms with Crippen LogP contribution in [0.3, 0.4) is 0 Å². The zero-order chi connectivity index (χ0) is 21.7. The van der Waals surface area contributed by atoms with Crippen LogP contribution in [0.4, 0.5) is 4.39 Å². The second-order valence-corrected chi connectivity index (χ2v) is 7.74.